The summed E-state index contributed by atoms with van der Waals surface area (Å²) >= 11 is 0. The van der Waals surface area contributed by atoms with Crippen molar-refractivity contribution in [2.75, 3.05) is 0 Å². The van der Waals surface area contributed by atoms with Gasteiger partial charge in [0.25, 0.3) is 5.91 Å². The first-order valence-electron chi connectivity index (χ1n) is 13.2. The minimum absolute atomic E-state index is 0.0312. The lowest BCUT2D eigenvalue weighted by Crippen LogP contribution is -2.48. The van der Waals surface area contributed by atoms with Crippen LogP contribution in [0, 0.1) is 5.92 Å². The van der Waals surface area contributed by atoms with Gasteiger partial charge in [-0.05, 0) is 31.4 Å². The van der Waals surface area contributed by atoms with E-state index in [9.17, 15) is 39.3 Å². The standard InChI is InChI=1S/C28H33BN2O10/c1-16(2)12-19(29-40-27(39)28(41-29,14-23(34)35)15-24(36)37)13-22(33)25(17(3)32)31-26(38)21-11-7-10-20(30-21)18-8-5-4-6-9-18/h4-11,16-17,19,25,32H,12-15H2,1-3H3,(H,31,38)(H,34,35)(H,36,37)/t17-,19-,25+/m1/s1. The van der Waals surface area contributed by atoms with Gasteiger partial charge in [0.15, 0.2) is 11.4 Å². The zero-order chi connectivity index (χ0) is 30.3. The Labute approximate surface area is 237 Å². The first kappa shape index (κ1) is 31.4. The highest BCUT2D eigenvalue weighted by molar-refractivity contribution is 6.51. The highest BCUT2D eigenvalue weighted by Crippen LogP contribution is 2.38. The Morgan fingerprint density at radius 2 is 1.61 bits per heavy atom. The minimum Gasteiger partial charge on any atom is -0.507 e. The topological polar surface area (TPSA) is 189 Å². The van der Waals surface area contributed by atoms with Crippen molar-refractivity contribution in [3.8, 4) is 11.3 Å². The van der Waals surface area contributed by atoms with Gasteiger partial charge in [-0.3, -0.25) is 24.0 Å². The highest BCUT2D eigenvalue weighted by atomic mass is 16.7. The zero-order valence-electron chi connectivity index (χ0n) is 23.0. The third-order valence-corrected chi connectivity index (χ3v) is 6.60. The number of carboxylic acids is 2. The largest absolute Gasteiger partial charge is 0.531 e. The van der Waals surface area contributed by atoms with Gasteiger partial charge in [0, 0.05) is 17.8 Å². The van der Waals surface area contributed by atoms with E-state index in [-0.39, 0.29) is 24.5 Å². The molecule has 12 nitrogen and oxygen atoms in total. The Kier molecular flexibility index (Phi) is 10.4. The maximum Gasteiger partial charge on any atom is 0.531 e. The summed E-state index contributed by atoms with van der Waals surface area (Å²) in [5.74, 6) is -6.18. The molecule has 1 saturated heterocycles. The van der Waals surface area contributed by atoms with Crippen LogP contribution < -0.4 is 5.32 Å². The molecule has 4 N–H and O–H groups in total. The second-order valence-electron chi connectivity index (χ2n) is 10.6. The molecule has 0 unspecified atom stereocenters. The van der Waals surface area contributed by atoms with Crippen molar-refractivity contribution >= 4 is 36.7 Å². The number of pyridine rings is 1. The zero-order valence-corrected chi connectivity index (χ0v) is 23.0. The minimum atomic E-state index is -2.24. The van der Waals surface area contributed by atoms with Gasteiger partial charge >= 0.3 is 25.0 Å². The molecule has 13 heteroatoms. The molecule has 1 aromatic heterocycles. The van der Waals surface area contributed by atoms with Crippen molar-refractivity contribution < 1.29 is 48.6 Å². The number of aliphatic hydroxyl groups excluding tert-OH is 1. The van der Waals surface area contributed by atoms with Gasteiger partial charge in [0.1, 0.15) is 11.7 Å². The number of carboxylic acid groups (broad SMARTS) is 2. The predicted molar refractivity (Wildman–Crippen MR) is 146 cm³/mol. The summed E-state index contributed by atoms with van der Waals surface area (Å²) in [5, 5.41) is 31.5. The van der Waals surface area contributed by atoms with E-state index in [1.807, 2.05) is 44.2 Å². The quantitative estimate of drug-likeness (QED) is 0.245. The van der Waals surface area contributed by atoms with E-state index >= 15 is 0 Å². The number of nitrogens with zero attached hydrogens (tertiary/aromatic N) is 1. The molecule has 218 valence electrons. The van der Waals surface area contributed by atoms with Crippen LogP contribution in [-0.4, -0.2) is 74.8 Å². The van der Waals surface area contributed by atoms with Crippen molar-refractivity contribution in [3.63, 3.8) is 0 Å². The Bertz CT molecular complexity index is 1270. The van der Waals surface area contributed by atoms with Gasteiger partial charge in [0.2, 0.25) is 0 Å². The predicted octanol–water partition coefficient (Wildman–Crippen LogP) is 2.35. The number of hydrogen-bond donors (Lipinski definition) is 4. The van der Waals surface area contributed by atoms with Crippen molar-refractivity contribution in [2.45, 2.75) is 70.0 Å². The SMILES string of the molecule is CC(C)C[C@H](CC(=O)[C@@H](NC(=O)c1cccc(-c2ccccc2)n1)[C@@H](C)O)B1OC(=O)C(CC(=O)O)(CC(=O)O)O1. The molecule has 2 heterocycles. The Morgan fingerprint density at radius 3 is 2.17 bits per heavy atom. The summed E-state index contributed by atoms with van der Waals surface area (Å²) in [7, 11) is -1.40. The van der Waals surface area contributed by atoms with E-state index in [2.05, 4.69) is 10.3 Å². The molecular weight excluding hydrogens is 535 g/mol. The third-order valence-electron chi connectivity index (χ3n) is 6.60. The number of hydrogen-bond acceptors (Lipinski definition) is 9. The van der Waals surface area contributed by atoms with E-state index in [0.29, 0.717) is 5.69 Å². The van der Waals surface area contributed by atoms with Crippen LogP contribution in [0.4, 0.5) is 0 Å². The van der Waals surface area contributed by atoms with Crippen LogP contribution in [0.15, 0.2) is 48.5 Å². The van der Waals surface area contributed by atoms with Crippen LogP contribution >= 0.6 is 0 Å². The number of aliphatic carboxylic acids is 2. The van der Waals surface area contributed by atoms with Gasteiger partial charge in [-0.1, -0.05) is 50.2 Å². The van der Waals surface area contributed by atoms with Crippen LogP contribution in [0.1, 0.15) is 56.9 Å². The van der Waals surface area contributed by atoms with Gasteiger partial charge in [-0.2, -0.15) is 0 Å². The lowest BCUT2D eigenvalue weighted by Gasteiger charge is -2.26. The molecule has 1 aliphatic rings. The smallest absolute Gasteiger partial charge is 0.507 e. The second-order valence-corrected chi connectivity index (χ2v) is 10.6. The fourth-order valence-corrected chi connectivity index (χ4v) is 4.78. The summed E-state index contributed by atoms with van der Waals surface area (Å²) in [6.45, 7) is 5.02. The summed E-state index contributed by atoms with van der Waals surface area (Å²) in [4.78, 5) is 66.3. The van der Waals surface area contributed by atoms with Crippen LogP contribution in [0.2, 0.25) is 5.82 Å². The number of carbonyl (C=O) groups excluding carboxylic acids is 3. The molecule has 2 aromatic rings. The molecule has 0 radical (unpaired) electrons. The lowest BCUT2D eigenvalue weighted by molar-refractivity contribution is -0.157. The van der Waals surface area contributed by atoms with Crippen LogP contribution in [0.5, 0.6) is 0 Å². The summed E-state index contributed by atoms with van der Waals surface area (Å²) < 4.78 is 10.9. The highest BCUT2D eigenvalue weighted by Gasteiger charge is 2.57. The monoisotopic (exact) mass is 568 g/mol. The van der Waals surface area contributed by atoms with Gasteiger partial charge in [0.05, 0.1) is 24.6 Å². The van der Waals surface area contributed by atoms with Crippen molar-refractivity contribution in [1.29, 1.82) is 0 Å². The normalized spacial score (nSPS) is 16.5. The fourth-order valence-electron chi connectivity index (χ4n) is 4.78. The van der Waals surface area contributed by atoms with E-state index in [4.69, 9.17) is 9.31 Å². The van der Waals surface area contributed by atoms with Crippen LogP contribution in [0.3, 0.4) is 0 Å². The summed E-state index contributed by atoms with van der Waals surface area (Å²) in [6, 6.07) is 12.7. The Morgan fingerprint density at radius 1 is 0.976 bits per heavy atom. The van der Waals surface area contributed by atoms with E-state index < -0.39 is 73.1 Å². The van der Waals surface area contributed by atoms with Gasteiger partial charge in [-0.25, -0.2) is 4.98 Å². The number of rotatable bonds is 14. The molecule has 0 aliphatic carbocycles. The molecule has 1 aliphatic heterocycles. The number of aliphatic hydroxyl groups is 1. The molecule has 3 atom stereocenters. The van der Waals surface area contributed by atoms with E-state index in [1.165, 1.54) is 13.0 Å². The van der Waals surface area contributed by atoms with Crippen molar-refractivity contribution in [1.82, 2.24) is 10.3 Å². The number of carbonyl (C=O) groups is 5. The van der Waals surface area contributed by atoms with Crippen LogP contribution in [-0.2, 0) is 28.5 Å². The number of nitrogens with one attached hydrogen (secondary N) is 1. The molecule has 0 bridgehead atoms. The number of amides is 1. The van der Waals surface area contributed by atoms with Gasteiger partial charge in [-0.15, -0.1) is 0 Å². The maximum absolute atomic E-state index is 13.4. The molecule has 3 rings (SSSR count). The number of benzene rings is 1. The molecule has 0 spiro atoms. The molecule has 41 heavy (non-hydrogen) atoms. The molecule has 1 aromatic carbocycles. The number of ketones is 1. The third kappa shape index (κ3) is 8.21. The first-order chi connectivity index (χ1) is 19.3. The second kappa shape index (κ2) is 13.5. The van der Waals surface area contributed by atoms with Gasteiger partial charge < -0.3 is 29.9 Å². The van der Waals surface area contributed by atoms with E-state index in [1.54, 1.807) is 12.1 Å². The maximum atomic E-state index is 13.4. The fraction of sp³-hybridized carbons (Fsp3) is 0.429. The molecular formula is C28H33BN2O10. The van der Waals surface area contributed by atoms with Crippen molar-refractivity contribution in [3.05, 3.63) is 54.2 Å². The lowest BCUT2D eigenvalue weighted by atomic mass is 9.65. The average Bonchev–Trinajstić information content (AvgIpc) is 3.20. The molecule has 1 fully saturated rings. The molecule has 0 saturated carbocycles. The molecule has 1 amide bonds. The van der Waals surface area contributed by atoms with Crippen LogP contribution in [0.25, 0.3) is 11.3 Å². The van der Waals surface area contributed by atoms with Crippen molar-refractivity contribution in [2.24, 2.45) is 5.92 Å². The van der Waals surface area contributed by atoms with E-state index in [0.717, 1.165) is 5.56 Å². The number of Topliss-reactive ketones (excluding diaryl/α,β-unsaturated/α-hetero) is 1. The number of aromatic nitrogens is 1. The summed E-state index contributed by atoms with van der Waals surface area (Å²) in [6.07, 6.45) is -3.20. The average molecular weight is 568 g/mol. The Balaban J connectivity index is 1.79. The Hall–Kier alpha value is -4.10. The first-order valence-corrected chi connectivity index (χ1v) is 13.2. The summed E-state index contributed by atoms with van der Waals surface area (Å²) in [5.41, 5.74) is -0.881.